The van der Waals surface area contributed by atoms with Crippen LogP contribution in [0.1, 0.15) is 31.4 Å². The Morgan fingerprint density at radius 2 is 1.93 bits per heavy atom. The fourth-order valence-corrected chi connectivity index (χ4v) is 4.78. The smallest absolute Gasteiger partial charge is 0.232 e. The van der Waals surface area contributed by atoms with Gasteiger partial charge in [-0.05, 0) is 18.2 Å². The molecule has 0 radical (unpaired) electrons. The number of hydrogen-bond acceptors (Lipinski definition) is 3. The molecule has 30 heavy (non-hydrogen) atoms. The van der Waals surface area contributed by atoms with Crippen molar-refractivity contribution in [1.82, 2.24) is 9.97 Å². The molecule has 2 heterocycles. The number of aromatic nitrogens is 2. The fraction of sp³-hybridized carbons (Fsp3) is 0.333. The first-order chi connectivity index (χ1) is 14.2. The minimum Gasteiger partial charge on any atom is -0.490 e. The Balaban J connectivity index is 1.45. The lowest BCUT2D eigenvalue weighted by atomic mass is 9.82. The van der Waals surface area contributed by atoms with E-state index in [1.807, 2.05) is 0 Å². The molecule has 5 nitrogen and oxygen atoms in total. The van der Waals surface area contributed by atoms with E-state index in [4.69, 9.17) is 4.74 Å². The molecule has 1 N–H and O–H groups in total. The largest absolute Gasteiger partial charge is 0.490 e. The number of nitrogens with one attached hydrogen (secondary N) is 1. The molecular weight excluding hydrogens is 414 g/mol. The van der Waals surface area contributed by atoms with Gasteiger partial charge in [-0.25, -0.2) is 18.2 Å². The van der Waals surface area contributed by atoms with Crippen LogP contribution in [0.3, 0.4) is 0 Å². The Kier molecular flexibility index (Phi) is 4.33. The molecule has 1 aliphatic heterocycles. The van der Waals surface area contributed by atoms with E-state index in [9.17, 15) is 18.0 Å². The van der Waals surface area contributed by atoms with Crippen LogP contribution in [-0.4, -0.2) is 27.4 Å². The maximum atomic E-state index is 14.9. The SMILES string of the molecule is C[C@H]1C(=O)N(c2ccc3[nH]cnc3c2)[C@H]1c1c(F)cc(OC2CC(F)(P)C2)cc1F. The van der Waals surface area contributed by atoms with Gasteiger partial charge < -0.3 is 14.6 Å². The number of hydrogen-bond donors (Lipinski definition) is 1. The molecule has 2 aliphatic rings. The number of H-pyrrole nitrogens is 1. The van der Waals surface area contributed by atoms with Gasteiger partial charge in [-0.3, -0.25) is 4.79 Å². The summed E-state index contributed by atoms with van der Waals surface area (Å²) in [5.41, 5.74) is 1.79. The maximum Gasteiger partial charge on any atom is 0.232 e. The lowest BCUT2D eigenvalue weighted by Crippen LogP contribution is -2.54. The average Bonchev–Trinajstić information content (AvgIpc) is 3.12. The molecule has 1 aliphatic carbocycles. The minimum absolute atomic E-state index is 0.0158. The third-order valence-electron chi connectivity index (χ3n) is 5.85. The highest BCUT2D eigenvalue weighted by Crippen LogP contribution is 2.47. The number of imidazole rings is 1. The van der Waals surface area contributed by atoms with Crippen molar-refractivity contribution in [3.63, 3.8) is 0 Å². The van der Waals surface area contributed by atoms with Crippen LogP contribution in [0, 0.1) is 17.6 Å². The Morgan fingerprint density at radius 1 is 1.23 bits per heavy atom. The summed E-state index contributed by atoms with van der Waals surface area (Å²) in [6, 6.07) is 6.61. The summed E-state index contributed by atoms with van der Waals surface area (Å²) in [6.45, 7) is 1.65. The molecule has 2 fully saturated rings. The molecule has 5 rings (SSSR count). The number of ether oxygens (including phenoxy) is 1. The third kappa shape index (κ3) is 3.05. The normalized spacial score (nSPS) is 28.4. The minimum atomic E-state index is -1.38. The molecule has 1 amide bonds. The summed E-state index contributed by atoms with van der Waals surface area (Å²) >= 11 is 0. The van der Waals surface area contributed by atoms with E-state index in [2.05, 4.69) is 19.2 Å². The molecule has 3 aromatic rings. The molecule has 0 spiro atoms. The molecule has 1 unspecified atom stereocenters. The van der Waals surface area contributed by atoms with Crippen LogP contribution in [0.25, 0.3) is 11.0 Å². The van der Waals surface area contributed by atoms with Crippen molar-refractivity contribution >= 4 is 31.9 Å². The van der Waals surface area contributed by atoms with Crippen LogP contribution < -0.4 is 9.64 Å². The van der Waals surface area contributed by atoms with Gasteiger partial charge >= 0.3 is 0 Å². The third-order valence-corrected chi connectivity index (χ3v) is 6.32. The van der Waals surface area contributed by atoms with Crippen molar-refractivity contribution in [2.75, 3.05) is 4.90 Å². The number of halogens is 3. The zero-order valence-electron chi connectivity index (χ0n) is 16.0. The molecule has 9 heteroatoms. The number of alkyl halides is 1. The first-order valence-electron chi connectivity index (χ1n) is 9.63. The number of carbonyl (C=O) groups is 1. The van der Waals surface area contributed by atoms with E-state index in [-0.39, 0.29) is 30.1 Å². The Bertz CT molecular complexity index is 1130. The van der Waals surface area contributed by atoms with E-state index in [1.54, 1.807) is 25.1 Å². The van der Waals surface area contributed by atoms with Crippen molar-refractivity contribution in [1.29, 1.82) is 0 Å². The molecule has 156 valence electrons. The molecule has 1 saturated heterocycles. The van der Waals surface area contributed by atoms with Crippen LogP contribution in [0.15, 0.2) is 36.7 Å². The topological polar surface area (TPSA) is 58.2 Å². The first kappa shape index (κ1) is 19.4. The lowest BCUT2D eigenvalue weighted by Gasteiger charge is -2.46. The predicted molar refractivity (Wildman–Crippen MR) is 109 cm³/mol. The van der Waals surface area contributed by atoms with Crippen molar-refractivity contribution in [3.05, 3.63) is 53.9 Å². The van der Waals surface area contributed by atoms with Crippen LogP contribution in [0.4, 0.5) is 18.9 Å². The fourth-order valence-electron chi connectivity index (χ4n) is 4.25. The summed E-state index contributed by atoms with van der Waals surface area (Å²) in [6.07, 6.45) is 1.43. The van der Waals surface area contributed by atoms with Gasteiger partial charge in [-0.2, -0.15) is 0 Å². The van der Waals surface area contributed by atoms with Crippen LogP contribution in [0.5, 0.6) is 5.75 Å². The van der Waals surface area contributed by atoms with Gasteiger partial charge in [0, 0.05) is 36.2 Å². The number of nitrogens with zero attached hydrogens (tertiary/aromatic N) is 2. The number of anilines is 1. The Morgan fingerprint density at radius 3 is 2.60 bits per heavy atom. The van der Waals surface area contributed by atoms with Gasteiger partial charge in [0.1, 0.15) is 28.9 Å². The van der Waals surface area contributed by atoms with Gasteiger partial charge in [0.25, 0.3) is 0 Å². The summed E-state index contributed by atoms with van der Waals surface area (Å²) in [5, 5.41) is -1.38. The van der Waals surface area contributed by atoms with Crippen molar-refractivity contribution in [2.24, 2.45) is 5.92 Å². The van der Waals surface area contributed by atoms with Gasteiger partial charge in [-0.15, -0.1) is 0 Å². The molecule has 0 bridgehead atoms. The number of benzene rings is 2. The second-order valence-electron chi connectivity index (χ2n) is 8.03. The van der Waals surface area contributed by atoms with E-state index in [1.165, 1.54) is 11.2 Å². The summed E-state index contributed by atoms with van der Waals surface area (Å²) in [7, 11) is 2.11. The Hall–Kier alpha value is -2.60. The summed E-state index contributed by atoms with van der Waals surface area (Å²) in [5.74, 6) is -2.37. The number of β-lactam (4-membered cyclic amide) rings is 1. The second-order valence-corrected chi connectivity index (χ2v) is 9.06. The van der Waals surface area contributed by atoms with Crippen molar-refractivity contribution < 1.29 is 22.7 Å². The number of carbonyl (C=O) groups excluding carboxylic acids is 1. The van der Waals surface area contributed by atoms with Crippen molar-refractivity contribution in [2.45, 2.75) is 37.3 Å². The highest BCUT2D eigenvalue weighted by molar-refractivity contribution is 7.18. The van der Waals surface area contributed by atoms with Crippen LogP contribution in [-0.2, 0) is 4.79 Å². The van der Waals surface area contributed by atoms with E-state index >= 15 is 0 Å². The van der Waals surface area contributed by atoms with Gasteiger partial charge in [0.05, 0.1) is 29.3 Å². The monoisotopic (exact) mass is 433 g/mol. The van der Waals surface area contributed by atoms with Crippen molar-refractivity contribution in [3.8, 4) is 5.75 Å². The van der Waals surface area contributed by atoms with Gasteiger partial charge in [0.15, 0.2) is 0 Å². The predicted octanol–water partition coefficient (Wildman–Crippen LogP) is 4.65. The highest BCUT2D eigenvalue weighted by atomic mass is 31.0. The zero-order valence-corrected chi connectivity index (χ0v) is 17.2. The molecule has 2 aromatic carbocycles. The number of rotatable bonds is 4. The standard InChI is InChI=1S/C21H19F3N3O2P/c1-10-19(27(20(10)28)11-2-3-16-17(4-11)26-9-25-16)18-14(22)5-12(6-15(18)23)29-13-7-21(24,30)8-13/h2-6,9-10,13,19H,7-8,30H2,1H3,(H,25,26)/t10-,13?,19-,21?/m1/s1. The number of fused-ring (bicyclic) bond motifs is 1. The van der Waals surface area contributed by atoms with Crippen LogP contribution in [0.2, 0.25) is 0 Å². The average molecular weight is 433 g/mol. The summed E-state index contributed by atoms with van der Waals surface area (Å²) in [4.78, 5) is 21.1. The lowest BCUT2D eigenvalue weighted by molar-refractivity contribution is -0.129. The first-order valence-corrected chi connectivity index (χ1v) is 10.2. The van der Waals surface area contributed by atoms with E-state index in [0.717, 1.165) is 17.6 Å². The van der Waals surface area contributed by atoms with E-state index in [0.29, 0.717) is 11.2 Å². The zero-order chi connectivity index (χ0) is 21.2. The van der Waals surface area contributed by atoms with E-state index < -0.39 is 35.1 Å². The van der Waals surface area contributed by atoms with Crippen LogP contribution >= 0.6 is 9.24 Å². The molecule has 1 aromatic heterocycles. The quantitative estimate of drug-likeness (QED) is 0.482. The van der Waals surface area contributed by atoms with Gasteiger partial charge in [-0.1, -0.05) is 16.2 Å². The number of aromatic amines is 1. The molecular formula is C21H19F3N3O2P. The van der Waals surface area contributed by atoms with Gasteiger partial charge in [0.2, 0.25) is 5.91 Å². The Labute approximate surface area is 172 Å². The number of amides is 1. The molecule has 1 saturated carbocycles. The maximum absolute atomic E-state index is 14.9. The summed E-state index contributed by atoms with van der Waals surface area (Å²) < 4.78 is 49.0. The second kappa shape index (κ2) is 6.71. The highest BCUT2D eigenvalue weighted by Gasteiger charge is 2.48. The molecule has 3 atom stereocenters.